The summed E-state index contributed by atoms with van der Waals surface area (Å²) >= 11 is 2.24. The van der Waals surface area contributed by atoms with Crippen LogP contribution in [0.3, 0.4) is 0 Å². The highest BCUT2D eigenvalue weighted by Gasteiger charge is 2.20. The molecule has 1 aromatic heterocycles. The van der Waals surface area contributed by atoms with Gasteiger partial charge in [-0.25, -0.2) is 9.78 Å². The number of hydrogen-bond donors (Lipinski definition) is 3. The lowest BCUT2D eigenvalue weighted by molar-refractivity contribution is -0.409. The van der Waals surface area contributed by atoms with Gasteiger partial charge >= 0.3 is 5.97 Å². The standard InChI is InChI=1S/C33H37IN4O3/c1-23-7-5-9-25(15-23)18-36-30-19-37-32(34)17-28(30)21-38(14-13-29(35)33(39)40)20-27-11-3-4-12-31(27)41-22-26-10-6-8-24(2)16-26/h3-12,15-17,19,29,36H,13-14,18,20-22,35H2,1-2H3,(H,39,40)/p+1. The average molecular weight is 666 g/mol. The van der Waals surface area contributed by atoms with Crippen molar-refractivity contribution in [1.82, 2.24) is 9.88 Å². The van der Waals surface area contributed by atoms with E-state index in [1.807, 2.05) is 30.5 Å². The van der Waals surface area contributed by atoms with Gasteiger partial charge in [0.25, 0.3) is 0 Å². The van der Waals surface area contributed by atoms with Crippen molar-refractivity contribution in [2.45, 2.75) is 52.6 Å². The van der Waals surface area contributed by atoms with Crippen LogP contribution in [-0.4, -0.2) is 33.5 Å². The molecule has 1 heterocycles. The molecule has 1 unspecified atom stereocenters. The summed E-state index contributed by atoms with van der Waals surface area (Å²) in [5.74, 6) is -0.0590. The normalized spacial score (nSPS) is 11.8. The zero-order valence-corrected chi connectivity index (χ0v) is 25.8. The number of aromatic nitrogens is 1. The van der Waals surface area contributed by atoms with Gasteiger partial charge < -0.3 is 20.9 Å². The zero-order chi connectivity index (χ0) is 29.2. The van der Waals surface area contributed by atoms with Crippen LogP contribution in [0.1, 0.15) is 39.8 Å². The molecule has 0 spiro atoms. The van der Waals surface area contributed by atoms with Crippen molar-refractivity contribution < 1.29 is 20.4 Å². The van der Waals surface area contributed by atoms with Gasteiger partial charge in [-0.1, -0.05) is 77.9 Å². The molecule has 0 saturated carbocycles. The number of benzene rings is 3. The van der Waals surface area contributed by atoms with Gasteiger partial charge in [-0.3, -0.25) is 4.90 Å². The summed E-state index contributed by atoms with van der Waals surface area (Å²) in [5.41, 5.74) is 11.7. The number of rotatable bonds is 14. The molecule has 3 aromatic carbocycles. The molecular formula is C33H38IN4O3+. The second-order valence-corrected chi connectivity index (χ2v) is 11.5. The lowest BCUT2D eigenvalue weighted by Crippen LogP contribution is -2.65. The van der Waals surface area contributed by atoms with Crippen LogP contribution >= 0.6 is 22.6 Å². The quantitative estimate of drug-likeness (QED) is 0.120. The van der Waals surface area contributed by atoms with Crippen LogP contribution < -0.4 is 15.8 Å². The molecule has 214 valence electrons. The van der Waals surface area contributed by atoms with E-state index in [1.165, 1.54) is 16.7 Å². The van der Waals surface area contributed by atoms with Gasteiger partial charge in [0.15, 0.2) is 6.04 Å². The second kappa shape index (κ2) is 15.0. The molecule has 8 heteroatoms. The third kappa shape index (κ3) is 9.55. The number of carbonyl (C=O) groups is 1. The van der Waals surface area contributed by atoms with Gasteiger partial charge in [-0.15, -0.1) is 0 Å². The maximum atomic E-state index is 11.5. The van der Waals surface area contributed by atoms with E-state index >= 15 is 0 Å². The lowest BCUT2D eigenvalue weighted by atomic mass is 10.1. The summed E-state index contributed by atoms with van der Waals surface area (Å²) in [5, 5.41) is 13.0. The maximum Gasteiger partial charge on any atom is 0.362 e. The van der Waals surface area contributed by atoms with Crippen molar-refractivity contribution in [2.24, 2.45) is 0 Å². The minimum atomic E-state index is -0.884. The molecule has 4 rings (SSSR count). The number of quaternary nitrogens is 1. The van der Waals surface area contributed by atoms with Crippen LogP contribution in [0.4, 0.5) is 5.69 Å². The highest BCUT2D eigenvalue weighted by Crippen LogP contribution is 2.25. The van der Waals surface area contributed by atoms with Gasteiger partial charge in [0, 0.05) is 38.2 Å². The van der Waals surface area contributed by atoms with E-state index in [9.17, 15) is 9.90 Å². The van der Waals surface area contributed by atoms with Crippen LogP contribution in [0.15, 0.2) is 85.1 Å². The Morgan fingerprint density at radius 2 is 1.66 bits per heavy atom. The van der Waals surface area contributed by atoms with Crippen LogP contribution in [0, 0.1) is 17.5 Å². The van der Waals surface area contributed by atoms with Gasteiger partial charge in [-0.05, 0) is 65.3 Å². The number of aryl methyl sites for hydroxylation is 2. The number of nitrogens with zero attached hydrogens (tertiary/aromatic N) is 2. The summed E-state index contributed by atoms with van der Waals surface area (Å²) in [6.45, 7) is 7.13. The summed E-state index contributed by atoms with van der Waals surface area (Å²) in [4.78, 5) is 18.3. The summed E-state index contributed by atoms with van der Waals surface area (Å²) in [7, 11) is 0. The van der Waals surface area contributed by atoms with Crippen molar-refractivity contribution in [2.75, 3.05) is 11.9 Å². The Labute approximate surface area is 255 Å². The van der Waals surface area contributed by atoms with E-state index in [4.69, 9.17) is 4.74 Å². The molecule has 0 saturated heterocycles. The Morgan fingerprint density at radius 3 is 2.39 bits per heavy atom. The second-order valence-electron chi connectivity index (χ2n) is 10.4. The first-order valence-corrected chi connectivity index (χ1v) is 14.8. The van der Waals surface area contributed by atoms with Gasteiger partial charge in [0.05, 0.1) is 11.9 Å². The summed E-state index contributed by atoms with van der Waals surface area (Å²) < 4.78 is 7.18. The van der Waals surface area contributed by atoms with Crippen LogP contribution in [0.2, 0.25) is 0 Å². The fourth-order valence-electron chi connectivity index (χ4n) is 4.67. The Morgan fingerprint density at radius 1 is 0.976 bits per heavy atom. The summed E-state index contributed by atoms with van der Waals surface area (Å²) in [6, 6.07) is 26.2. The van der Waals surface area contributed by atoms with Crippen molar-refractivity contribution in [3.8, 4) is 5.75 Å². The molecule has 0 fully saturated rings. The van der Waals surface area contributed by atoms with Crippen molar-refractivity contribution in [1.29, 1.82) is 0 Å². The van der Waals surface area contributed by atoms with E-state index in [2.05, 4.69) is 112 Å². The Bertz CT molecular complexity index is 1460. The third-order valence-corrected chi connectivity index (χ3v) is 7.49. The van der Waals surface area contributed by atoms with E-state index in [0.717, 1.165) is 31.8 Å². The number of ether oxygens (including phenoxy) is 1. The van der Waals surface area contributed by atoms with E-state index in [1.54, 1.807) is 0 Å². The van der Waals surface area contributed by atoms with E-state index in [-0.39, 0.29) is 0 Å². The number of pyridine rings is 1. The van der Waals surface area contributed by atoms with Crippen molar-refractivity contribution >= 4 is 34.2 Å². The SMILES string of the molecule is Cc1cccc(CNc2cnc(I)cc2CN(CCC([NH3+])C(=O)O)Cc2ccccc2OCc2cccc(C)c2)c1. The first kappa shape index (κ1) is 30.5. The molecule has 5 N–H and O–H groups in total. The molecule has 0 aliphatic heterocycles. The first-order chi connectivity index (χ1) is 19.8. The maximum absolute atomic E-state index is 11.5. The molecule has 0 bridgehead atoms. The minimum absolute atomic E-state index is 0.440. The lowest BCUT2D eigenvalue weighted by Gasteiger charge is -2.25. The van der Waals surface area contributed by atoms with Crippen molar-refractivity contribution in [3.63, 3.8) is 0 Å². The zero-order valence-electron chi connectivity index (χ0n) is 23.6. The van der Waals surface area contributed by atoms with Crippen molar-refractivity contribution in [3.05, 3.63) is 122 Å². The van der Waals surface area contributed by atoms with Crippen LogP contribution in [0.5, 0.6) is 5.75 Å². The largest absolute Gasteiger partial charge is 0.489 e. The average Bonchev–Trinajstić information content (AvgIpc) is 2.95. The molecule has 4 aromatic rings. The van der Waals surface area contributed by atoms with E-state index < -0.39 is 12.0 Å². The van der Waals surface area contributed by atoms with Gasteiger partial charge in [-0.2, -0.15) is 0 Å². The molecule has 1 atom stereocenters. The number of para-hydroxylation sites is 1. The molecule has 7 nitrogen and oxygen atoms in total. The Balaban J connectivity index is 1.54. The van der Waals surface area contributed by atoms with Gasteiger partial charge in [0.1, 0.15) is 16.1 Å². The third-order valence-electron chi connectivity index (χ3n) is 6.90. The van der Waals surface area contributed by atoms with Crippen LogP contribution in [-0.2, 0) is 31.0 Å². The predicted molar refractivity (Wildman–Crippen MR) is 170 cm³/mol. The Kier molecular flexibility index (Phi) is 11.1. The van der Waals surface area contributed by atoms with Crippen LogP contribution in [0.25, 0.3) is 0 Å². The molecule has 0 amide bonds. The number of aliphatic carboxylic acids is 1. The Hall–Kier alpha value is -3.47. The molecule has 41 heavy (non-hydrogen) atoms. The highest BCUT2D eigenvalue weighted by atomic mass is 127. The number of carboxylic acids is 1. The molecule has 0 aliphatic rings. The summed E-state index contributed by atoms with van der Waals surface area (Å²) in [6.07, 6.45) is 2.32. The minimum Gasteiger partial charge on any atom is -0.489 e. The molecular weight excluding hydrogens is 627 g/mol. The molecule has 0 aliphatic carbocycles. The predicted octanol–water partition coefficient (Wildman–Crippen LogP) is 5.58. The number of halogens is 1. The monoisotopic (exact) mass is 665 g/mol. The fourth-order valence-corrected chi connectivity index (χ4v) is 5.19. The van der Waals surface area contributed by atoms with Gasteiger partial charge in [0.2, 0.25) is 0 Å². The van der Waals surface area contributed by atoms with E-state index in [0.29, 0.717) is 39.2 Å². The first-order valence-electron chi connectivity index (χ1n) is 13.7. The number of anilines is 1. The fraction of sp³-hybridized carbons (Fsp3) is 0.273. The number of nitrogens with one attached hydrogen (secondary N) is 1. The number of carboxylic acid groups (broad SMARTS) is 1. The molecule has 0 radical (unpaired) electrons. The topological polar surface area (TPSA) is 102 Å². The number of hydrogen-bond acceptors (Lipinski definition) is 5. The smallest absolute Gasteiger partial charge is 0.362 e. The highest BCUT2D eigenvalue weighted by molar-refractivity contribution is 14.1.